The third kappa shape index (κ3) is 2.99. The van der Waals surface area contributed by atoms with E-state index in [1.165, 1.54) is 16.5 Å². The fourth-order valence-corrected chi connectivity index (χ4v) is 3.84. The summed E-state index contributed by atoms with van der Waals surface area (Å²) in [6.07, 6.45) is 4.34. The molecule has 0 bridgehead atoms. The largest absolute Gasteiger partial charge is 0.350 e. The van der Waals surface area contributed by atoms with Gasteiger partial charge in [-0.3, -0.25) is 9.78 Å². The Morgan fingerprint density at radius 1 is 1.11 bits per heavy atom. The lowest BCUT2D eigenvalue weighted by Crippen LogP contribution is -2.27. The number of para-hydroxylation sites is 1. The summed E-state index contributed by atoms with van der Waals surface area (Å²) >= 11 is 0. The van der Waals surface area contributed by atoms with Gasteiger partial charge in [0.15, 0.2) is 0 Å². The van der Waals surface area contributed by atoms with Crippen molar-refractivity contribution < 1.29 is 4.79 Å². The highest BCUT2D eigenvalue weighted by Crippen LogP contribution is 2.33. The van der Waals surface area contributed by atoms with E-state index in [0.717, 1.165) is 17.5 Å². The molecule has 0 radical (unpaired) electrons. The van der Waals surface area contributed by atoms with Crippen LogP contribution in [0.2, 0.25) is 0 Å². The Morgan fingerprint density at radius 2 is 1.85 bits per heavy atom. The molecule has 27 heavy (non-hydrogen) atoms. The van der Waals surface area contributed by atoms with Gasteiger partial charge in [-0.15, -0.1) is 0 Å². The molecule has 1 aromatic carbocycles. The lowest BCUT2D eigenvalue weighted by molar-refractivity contribution is 0.0946. The van der Waals surface area contributed by atoms with Crippen LogP contribution >= 0.6 is 0 Å². The SMILES string of the molecule is CC(C)n1c2ccccc2c2c1cc(C(=O)NCCc1ccncc1)n2C. The minimum Gasteiger partial charge on any atom is -0.350 e. The zero-order valence-electron chi connectivity index (χ0n) is 15.9. The van der Waals surface area contributed by atoms with Crippen LogP contribution in [0.15, 0.2) is 54.9 Å². The Bertz CT molecular complexity index is 1110. The number of carbonyl (C=O) groups excluding carboxylic acids is 1. The van der Waals surface area contributed by atoms with Crippen molar-refractivity contribution in [3.05, 3.63) is 66.1 Å². The maximum absolute atomic E-state index is 12.8. The highest BCUT2D eigenvalue weighted by molar-refractivity contribution is 6.10. The molecule has 3 heterocycles. The number of nitrogens with zero attached hydrogens (tertiary/aromatic N) is 3. The van der Waals surface area contributed by atoms with Crippen molar-refractivity contribution in [3.8, 4) is 0 Å². The van der Waals surface area contributed by atoms with Crippen LogP contribution in [-0.4, -0.2) is 26.6 Å². The van der Waals surface area contributed by atoms with E-state index in [4.69, 9.17) is 0 Å². The van der Waals surface area contributed by atoms with Crippen molar-refractivity contribution in [2.24, 2.45) is 7.05 Å². The number of amides is 1. The second-order valence-electron chi connectivity index (χ2n) is 7.16. The van der Waals surface area contributed by atoms with Gasteiger partial charge in [-0.2, -0.15) is 0 Å². The number of fused-ring (bicyclic) bond motifs is 3. The van der Waals surface area contributed by atoms with Gasteiger partial charge in [0, 0.05) is 37.4 Å². The molecule has 0 unspecified atom stereocenters. The van der Waals surface area contributed by atoms with Gasteiger partial charge >= 0.3 is 0 Å². The number of hydrogen-bond acceptors (Lipinski definition) is 2. The van der Waals surface area contributed by atoms with Crippen LogP contribution in [0.25, 0.3) is 21.9 Å². The van der Waals surface area contributed by atoms with Crippen molar-refractivity contribution in [1.29, 1.82) is 0 Å². The summed E-state index contributed by atoms with van der Waals surface area (Å²) in [5, 5.41) is 4.23. The molecule has 4 rings (SSSR count). The first kappa shape index (κ1) is 17.3. The maximum Gasteiger partial charge on any atom is 0.268 e. The highest BCUT2D eigenvalue weighted by atomic mass is 16.1. The number of aryl methyl sites for hydroxylation is 1. The van der Waals surface area contributed by atoms with Crippen LogP contribution in [0.5, 0.6) is 0 Å². The van der Waals surface area contributed by atoms with Gasteiger partial charge in [-0.25, -0.2) is 0 Å². The Kier molecular flexibility index (Phi) is 4.44. The van der Waals surface area contributed by atoms with Crippen LogP contribution in [-0.2, 0) is 13.5 Å². The van der Waals surface area contributed by atoms with E-state index in [2.05, 4.69) is 46.9 Å². The predicted molar refractivity (Wildman–Crippen MR) is 109 cm³/mol. The fourth-order valence-electron chi connectivity index (χ4n) is 3.84. The number of nitrogens with one attached hydrogen (secondary N) is 1. The smallest absolute Gasteiger partial charge is 0.268 e. The van der Waals surface area contributed by atoms with Gasteiger partial charge in [-0.05, 0) is 50.1 Å². The van der Waals surface area contributed by atoms with E-state index < -0.39 is 0 Å². The minimum absolute atomic E-state index is 0.0397. The summed E-state index contributed by atoms with van der Waals surface area (Å²) < 4.78 is 4.32. The normalized spacial score (nSPS) is 11.6. The third-order valence-corrected chi connectivity index (χ3v) is 5.09. The van der Waals surface area contributed by atoms with E-state index in [1.54, 1.807) is 12.4 Å². The summed E-state index contributed by atoms with van der Waals surface area (Å²) in [6, 6.07) is 14.7. The van der Waals surface area contributed by atoms with E-state index in [0.29, 0.717) is 18.3 Å². The average Bonchev–Trinajstić information content (AvgIpc) is 3.17. The Balaban J connectivity index is 1.65. The number of carbonyl (C=O) groups is 1. The average molecular weight is 360 g/mol. The zero-order chi connectivity index (χ0) is 19.0. The van der Waals surface area contributed by atoms with Crippen molar-refractivity contribution in [2.75, 3.05) is 6.54 Å². The first-order valence-corrected chi connectivity index (χ1v) is 9.33. The molecule has 0 saturated carbocycles. The van der Waals surface area contributed by atoms with Gasteiger partial charge in [0.25, 0.3) is 5.91 Å². The molecule has 3 aromatic heterocycles. The molecule has 0 aliphatic rings. The van der Waals surface area contributed by atoms with E-state index in [1.807, 2.05) is 35.9 Å². The number of hydrogen-bond donors (Lipinski definition) is 1. The molecule has 0 aliphatic carbocycles. The van der Waals surface area contributed by atoms with Crippen LogP contribution in [0.3, 0.4) is 0 Å². The van der Waals surface area contributed by atoms with Gasteiger partial charge in [-0.1, -0.05) is 18.2 Å². The van der Waals surface area contributed by atoms with Gasteiger partial charge in [0.05, 0.1) is 16.6 Å². The minimum atomic E-state index is -0.0397. The first-order chi connectivity index (χ1) is 13.1. The topological polar surface area (TPSA) is 51.9 Å². The quantitative estimate of drug-likeness (QED) is 0.583. The molecule has 5 heteroatoms. The second-order valence-corrected chi connectivity index (χ2v) is 7.16. The molecular formula is C22H24N4O. The van der Waals surface area contributed by atoms with E-state index in [-0.39, 0.29) is 5.91 Å². The summed E-state index contributed by atoms with van der Waals surface area (Å²) in [7, 11) is 1.97. The number of benzene rings is 1. The monoisotopic (exact) mass is 360 g/mol. The van der Waals surface area contributed by atoms with Crippen LogP contribution in [0.4, 0.5) is 0 Å². The van der Waals surface area contributed by atoms with Gasteiger partial charge in [0.2, 0.25) is 0 Å². The van der Waals surface area contributed by atoms with Crippen molar-refractivity contribution in [1.82, 2.24) is 19.4 Å². The Labute approximate surface area is 158 Å². The van der Waals surface area contributed by atoms with E-state index >= 15 is 0 Å². The molecule has 1 N–H and O–H groups in total. The summed E-state index contributed by atoms with van der Waals surface area (Å²) in [5.41, 5.74) is 5.28. The molecule has 0 atom stereocenters. The predicted octanol–water partition coefficient (Wildman–Crippen LogP) is 4.08. The van der Waals surface area contributed by atoms with Crippen LogP contribution in [0, 0.1) is 0 Å². The van der Waals surface area contributed by atoms with Gasteiger partial charge in [0.1, 0.15) is 5.69 Å². The number of rotatable bonds is 5. The fraction of sp³-hybridized carbons (Fsp3) is 0.273. The third-order valence-electron chi connectivity index (χ3n) is 5.09. The van der Waals surface area contributed by atoms with Crippen molar-refractivity contribution in [2.45, 2.75) is 26.3 Å². The van der Waals surface area contributed by atoms with Gasteiger partial charge < -0.3 is 14.5 Å². The number of pyridine rings is 1. The summed E-state index contributed by atoms with van der Waals surface area (Å²) in [5.74, 6) is -0.0397. The van der Waals surface area contributed by atoms with Crippen LogP contribution in [0.1, 0.15) is 35.9 Å². The zero-order valence-corrected chi connectivity index (χ0v) is 15.9. The molecule has 4 aromatic rings. The lowest BCUT2D eigenvalue weighted by Gasteiger charge is -2.10. The molecule has 138 valence electrons. The standard InChI is InChI=1S/C22H24N4O/c1-15(2)26-18-7-5-4-6-17(18)21-19(26)14-20(25(21)3)22(27)24-13-10-16-8-11-23-12-9-16/h4-9,11-12,14-15H,10,13H2,1-3H3,(H,24,27). The molecule has 0 spiro atoms. The lowest BCUT2D eigenvalue weighted by atomic mass is 10.2. The van der Waals surface area contributed by atoms with Crippen molar-refractivity contribution in [3.63, 3.8) is 0 Å². The molecular weight excluding hydrogens is 336 g/mol. The van der Waals surface area contributed by atoms with E-state index in [9.17, 15) is 4.79 Å². The second kappa shape index (κ2) is 6.91. The first-order valence-electron chi connectivity index (χ1n) is 9.33. The highest BCUT2D eigenvalue weighted by Gasteiger charge is 2.20. The van der Waals surface area contributed by atoms with Crippen LogP contribution < -0.4 is 5.32 Å². The Hall–Kier alpha value is -3.08. The molecule has 0 fully saturated rings. The summed E-state index contributed by atoms with van der Waals surface area (Å²) in [6.45, 7) is 4.95. The number of aromatic nitrogens is 3. The molecule has 1 amide bonds. The molecule has 0 saturated heterocycles. The van der Waals surface area contributed by atoms with Crippen molar-refractivity contribution >= 4 is 27.8 Å². The Morgan fingerprint density at radius 3 is 2.59 bits per heavy atom. The molecule has 5 nitrogen and oxygen atoms in total. The molecule has 0 aliphatic heterocycles. The maximum atomic E-state index is 12.8. The summed E-state index contributed by atoms with van der Waals surface area (Å²) in [4.78, 5) is 16.8.